The van der Waals surface area contributed by atoms with Crippen LogP contribution in [0.15, 0.2) is 0 Å². The minimum atomic E-state index is -0.343. The largest absolute Gasteiger partial charge is 0.395 e. The minimum absolute atomic E-state index is 0.0732. The Labute approximate surface area is 102 Å². The highest BCUT2D eigenvalue weighted by Crippen LogP contribution is 2.27. The number of guanidine groups is 1. The molecular weight excluding hydrogens is 218 g/mol. The van der Waals surface area contributed by atoms with Gasteiger partial charge in [-0.1, -0.05) is 0 Å². The Morgan fingerprint density at radius 3 is 2.53 bits per heavy atom. The van der Waals surface area contributed by atoms with Gasteiger partial charge in [-0.2, -0.15) is 0 Å². The first-order valence-corrected chi connectivity index (χ1v) is 6.61. The van der Waals surface area contributed by atoms with Crippen LogP contribution >= 0.6 is 0 Å². The Hall–Kier alpha value is -0.810. The summed E-state index contributed by atoms with van der Waals surface area (Å²) in [6.07, 6.45) is 2.37. The van der Waals surface area contributed by atoms with Gasteiger partial charge in [0.2, 0.25) is 0 Å². The van der Waals surface area contributed by atoms with Crippen molar-refractivity contribution in [3.05, 3.63) is 0 Å². The fraction of sp³-hybridized carbons (Fsp3) is 0.917. The van der Waals surface area contributed by atoms with Crippen molar-refractivity contribution in [3.8, 4) is 0 Å². The van der Waals surface area contributed by atoms with Gasteiger partial charge in [0.05, 0.1) is 57.9 Å². The molecule has 0 radical (unpaired) electrons. The summed E-state index contributed by atoms with van der Waals surface area (Å²) >= 11 is 0. The summed E-state index contributed by atoms with van der Waals surface area (Å²) in [5.41, 5.74) is -0.343. The van der Waals surface area contributed by atoms with Gasteiger partial charge in [-0.25, -0.2) is 0 Å². The van der Waals surface area contributed by atoms with E-state index in [4.69, 9.17) is 0 Å². The van der Waals surface area contributed by atoms with Gasteiger partial charge in [0, 0.05) is 12.8 Å². The number of hydrogen-bond donors (Lipinski definition) is 2. The standard InChI is InChI=1S/C12H22N3O2/c16-9-12(10-17)7-14-5-1-3-13-4-2-6-15(8-12)11(13)14/h16-17H,1-10H2/q+1. The molecule has 96 valence electrons. The van der Waals surface area contributed by atoms with E-state index in [1.54, 1.807) is 0 Å². The van der Waals surface area contributed by atoms with Crippen LogP contribution in [0.5, 0.6) is 0 Å². The van der Waals surface area contributed by atoms with Gasteiger partial charge in [-0.15, -0.1) is 0 Å². The molecule has 3 aliphatic heterocycles. The van der Waals surface area contributed by atoms with Crippen LogP contribution < -0.4 is 0 Å². The summed E-state index contributed by atoms with van der Waals surface area (Å²) in [4.78, 5) is 4.82. The summed E-state index contributed by atoms with van der Waals surface area (Å²) in [6, 6.07) is 0. The Balaban J connectivity index is 1.95. The first-order chi connectivity index (χ1) is 8.28. The highest BCUT2D eigenvalue weighted by molar-refractivity contribution is 5.77. The van der Waals surface area contributed by atoms with Gasteiger partial charge < -0.3 is 10.2 Å². The summed E-state index contributed by atoms with van der Waals surface area (Å²) in [5, 5.41) is 19.2. The number of aliphatic hydroxyl groups excluding tert-OH is 2. The van der Waals surface area contributed by atoms with Crippen molar-refractivity contribution in [3.63, 3.8) is 0 Å². The average molecular weight is 240 g/mol. The van der Waals surface area contributed by atoms with Gasteiger partial charge in [-0.3, -0.25) is 14.4 Å². The third-order valence-electron chi connectivity index (χ3n) is 4.28. The number of rotatable bonds is 2. The lowest BCUT2D eigenvalue weighted by Crippen LogP contribution is -2.66. The number of hydrogen-bond acceptors (Lipinski definition) is 4. The van der Waals surface area contributed by atoms with Crippen LogP contribution in [0.4, 0.5) is 0 Å². The molecule has 0 spiro atoms. The summed E-state index contributed by atoms with van der Waals surface area (Å²) in [5.74, 6) is 1.35. The van der Waals surface area contributed by atoms with E-state index in [0.29, 0.717) is 0 Å². The first-order valence-electron chi connectivity index (χ1n) is 6.61. The van der Waals surface area contributed by atoms with Crippen LogP contribution in [-0.4, -0.2) is 83.0 Å². The molecule has 2 N–H and O–H groups in total. The predicted molar refractivity (Wildman–Crippen MR) is 64.0 cm³/mol. The molecule has 5 nitrogen and oxygen atoms in total. The molecule has 3 heterocycles. The molecule has 5 heteroatoms. The third kappa shape index (κ3) is 1.72. The third-order valence-corrected chi connectivity index (χ3v) is 4.28. The highest BCUT2D eigenvalue weighted by Gasteiger charge is 2.47. The van der Waals surface area contributed by atoms with Crippen molar-refractivity contribution in [2.45, 2.75) is 12.8 Å². The van der Waals surface area contributed by atoms with Gasteiger partial charge >= 0.3 is 5.96 Å². The van der Waals surface area contributed by atoms with Crippen molar-refractivity contribution < 1.29 is 14.8 Å². The number of aliphatic hydroxyl groups is 2. The molecule has 0 aliphatic carbocycles. The van der Waals surface area contributed by atoms with Gasteiger partial charge in [0.15, 0.2) is 0 Å². The summed E-state index contributed by atoms with van der Waals surface area (Å²) in [6.45, 7) is 6.17. The van der Waals surface area contributed by atoms with Crippen LogP contribution in [0.1, 0.15) is 12.8 Å². The van der Waals surface area contributed by atoms with E-state index in [2.05, 4.69) is 14.4 Å². The quantitative estimate of drug-likeness (QED) is 0.592. The lowest BCUT2D eigenvalue weighted by atomic mass is 9.86. The van der Waals surface area contributed by atoms with Crippen molar-refractivity contribution in [1.29, 1.82) is 0 Å². The molecule has 17 heavy (non-hydrogen) atoms. The molecule has 3 aliphatic rings. The first kappa shape index (κ1) is 11.3. The Morgan fingerprint density at radius 2 is 1.76 bits per heavy atom. The molecule has 0 bridgehead atoms. The van der Waals surface area contributed by atoms with Crippen LogP contribution in [0.25, 0.3) is 0 Å². The molecule has 0 amide bonds. The number of nitrogens with zero attached hydrogens (tertiary/aromatic N) is 3. The van der Waals surface area contributed by atoms with Crippen LogP contribution in [-0.2, 0) is 0 Å². The Kier molecular flexibility index (Phi) is 2.75. The summed E-state index contributed by atoms with van der Waals surface area (Å²) in [7, 11) is 0. The monoisotopic (exact) mass is 240 g/mol. The van der Waals surface area contributed by atoms with Crippen molar-refractivity contribution in [2.75, 3.05) is 52.5 Å². The average Bonchev–Trinajstić information content (AvgIpc) is 2.39. The van der Waals surface area contributed by atoms with E-state index in [0.717, 1.165) is 39.3 Å². The van der Waals surface area contributed by atoms with E-state index >= 15 is 0 Å². The van der Waals surface area contributed by atoms with Crippen LogP contribution in [0.2, 0.25) is 0 Å². The zero-order chi connectivity index (χ0) is 11.9. The van der Waals surface area contributed by atoms with Crippen LogP contribution in [0, 0.1) is 5.41 Å². The maximum atomic E-state index is 9.59. The fourth-order valence-corrected chi connectivity index (χ4v) is 3.43. The smallest absolute Gasteiger partial charge is 0.350 e. The molecule has 1 fully saturated rings. The lowest BCUT2D eigenvalue weighted by Gasteiger charge is -2.46. The van der Waals surface area contributed by atoms with Crippen molar-refractivity contribution >= 4 is 5.96 Å². The van der Waals surface area contributed by atoms with Crippen molar-refractivity contribution in [2.24, 2.45) is 5.41 Å². The van der Waals surface area contributed by atoms with Gasteiger partial charge in [0.25, 0.3) is 0 Å². The molecule has 0 aromatic rings. The highest BCUT2D eigenvalue weighted by atomic mass is 16.3. The minimum Gasteiger partial charge on any atom is -0.395 e. The van der Waals surface area contributed by atoms with E-state index in [1.165, 1.54) is 18.8 Å². The molecule has 1 saturated heterocycles. The molecular formula is C12H22N3O2+. The Bertz CT molecular complexity index is 339. The van der Waals surface area contributed by atoms with Gasteiger partial charge in [0.1, 0.15) is 0 Å². The molecule has 0 aromatic carbocycles. The van der Waals surface area contributed by atoms with Crippen molar-refractivity contribution in [1.82, 2.24) is 9.80 Å². The summed E-state index contributed by atoms with van der Waals surface area (Å²) < 4.78 is 2.36. The topological polar surface area (TPSA) is 50.0 Å². The van der Waals surface area contributed by atoms with E-state index in [1.807, 2.05) is 0 Å². The normalized spacial score (nSPS) is 27.2. The molecule has 0 saturated carbocycles. The van der Waals surface area contributed by atoms with Gasteiger partial charge in [-0.05, 0) is 0 Å². The van der Waals surface area contributed by atoms with Crippen LogP contribution in [0.3, 0.4) is 0 Å². The molecule has 0 unspecified atom stereocenters. The zero-order valence-corrected chi connectivity index (χ0v) is 10.3. The van der Waals surface area contributed by atoms with E-state index in [-0.39, 0.29) is 18.6 Å². The Morgan fingerprint density at radius 1 is 1.06 bits per heavy atom. The second kappa shape index (κ2) is 4.14. The SMILES string of the molecule is OCC1(CO)CN2CCCN3CCC[N+](=C32)C1. The lowest BCUT2D eigenvalue weighted by molar-refractivity contribution is -0.568. The second-order valence-electron chi connectivity index (χ2n) is 5.65. The fourth-order valence-electron chi connectivity index (χ4n) is 3.43. The molecule has 0 aromatic heterocycles. The maximum Gasteiger partial charge on any atom is 0.350 e. The van der Waals surface area contributed by atoms with E-state index < -0.39 is 0 Å². The second-order valence-corrected chi connectivity index (χ2v) is 5.65. The maximum absolute atomic E-state index is 9.59. The zero-order valence-electron chi connectivity index (χ0n) is 10.3. The van der Waals surface area contributed by atoms with E-state index in [9.17, 15) is 10.2 Å². The predicted octanol–water partition coefficient (Wildman–Crippen LogP) is -1.25. The molecule has 3 rings (SSSR count). The molecule has 0 atom stereocenters.